The second kappa shape index (κ2) is 11.8. The smallest absolute Gasteiger partial charge is 0.371 e. The Morgan fingerprint density at radius 2 is 1.67 bits per heavy atom. The molecule has 3 aromatic rings. The average Bonchev–Trinajstić information content (AvgIpc) is 3.44. The number of anilines is 2. The van der Waals surface area contributed by atoms with Gasteiger partial charge in [-0.1, -0.05) is 23.7 Å². The largest absolute Gasteiger partial charge is 0.478 e. The van der Waals surface area contributed by atoms with Crippen molar-refractivity contribution in [1.29, 1.82) is 0 Å². The summed E-state index contributed by atoms with van der Waals surface area (Å²) in [5.74, 6) is -5.25. The summed E-state index contributed by atoms with van der Waals surface area (Å²) in [5.41, 5.74) is 1.59. The molecule has 1 aliphatic heterocycles. The SMILES string of the molecule is Cc1ccc(F)cc1NC(=O)Nc1ccc(CC(=O)C(F)(Oc2ccc(C(=O)O)cc2)N2CCCC2)cc1Cl. The zero-order chi connectivity index (χ0) is 28.2. The molecule has 0 aliphatic carbocycles. The Labute approximate surface area is 228 Å². The molecule has 1 aliphatic rings. The molecule has 204 valence electrons. The first kappa shape index (κ1) is 28.0. The van der Waals surface area contributed by atoms with E-state index in [1.54, 1.807) is 6.92 Å². The lowest BCUT2D eigenvalue weighted by Crippen LogP contribution is -2.55. The topological polar surface area (TPSA) is 108 Å². The number of carbonyl (C=O) groups excluding carboxylic acids is 2. The quantitative estimate of drug-likeness (QED) is 0.277. The lowest BCUT2D eigenvalue weighted by molar-refractivity contribution is -0.191. The second-order valence-corrected chi connectivity index (χ2v) is 9.55. The number of alkyl halides is 1. The standard InChI is InChI=1S/C28H26ClF2N3O5/c1-17-4-8-20(30)16-24(17)33-27(38)32-23-11-5-18(14-22(23)29)15-25(35)28(31,34-12-2-3-13-34)39-21-9-6-19(7-10-21)26(36)37/h4-11,14,16H,2-3,12-13,15H2,1H3,(H,36,37)(H2,32,33,38). The van der Waals surface area contributed by atoms with Crippen LogP contribution in [0.15, 0.2) is 60.7 Å². The van der Waals surface area contributed by atoms with Crippen molar-refractivity contribution in [2.24, 2.45) is 0 Å². The van der Waals surface area contributed by atoms with Gasteiger partial charge in [-0.15, -0.1) is 0 Å². The van der Waals surface area contributed by atoms with Crippen LogP contribution < -0.4 is 15.4 Å². The third kappa shape index (κ3) is 6.71. The maximum Gasteiger partial charge on any atom is 0.371 e. The summed E-state index contributed by atoms with van der Waals surface area (Å²) in [6, 6.07) is 12.9. The Bertz CT molecular complexity index is 1400. The minimum absolute atomic E-state index is 0.00222. The van der Waals surface area contributed by atoms with Gasteiger partial charge in [0, 0.05) is 25.2 Å². The van der Waals surface area contributed by atoms with Gasteiger partial charge in [0.1, 0.15) is 11.6 Å². The van der Waals surface area contributed by atoms with Crippen LogP contribution in [0.2, 0.25) is 5.02 Å². The van der Waals surface area contributed by atoms with Crippen LogP contribution in [0, 0.1) is 12.7 Å². The fourth-order valence-corrected chi connectivity index (χ4v) is 4.44. The number of benzene rings is 3. The molecule has 11 heteroatoms. The predicted octanol–water partition coefficient (Wildman–Crippen LogP) is 6.04. The van der Waals surface area contributed by atoms with E-state index in [9.17, 15) is 18.8 Å². The highest BCUT2D eigenvalue weighted by Crippen LogP contribution is 2.31. The van der Waals surface area contributed by atoms with Crippen LogP contribution in [0.3, 0.4) is 0 Å². The third-order valence-corrected chi connectivity index (χ3v) is 6.62. The molecule has 1 fully saturated rings. The van der Waals surface area contributed by atoms with Crippen molar-refractivity contribution in [1.82, 2.24) is 4.90 Å². The number of carboxylic acids is 1. The van der Waals surface area contributed by atoms with Crippen molar-refractivity contribution in [3.63, 3.8) is 0 Å². The zero-order valence-corrected chi connectivity index (χ0v) is 21.7. The number of ether oxygens (including phenoxy) is 1. The van der Waals surface area contributed by atoms with Crippen molar-refractivity contribution < 1.29 is 33.0 Å². The van der Waals surface area contributed by atoms with Crippen molar-refractivity contribution >= 4 is 40.8 Å². The highest BCUT2D eigenvalue weighted by molar-refractivity contribution is 6.34. The van der Waals surface area contributed by atoms with Gasteiger partial charge in [-0.05, 0) is 79.4 Å². The van der Waals surface area contributed by atoms with E-state index in [1.807, 2.05) is 0 Å². The lowest BCUT2D eigenvalue weighted by Gasteiger charge is -2.33. The number of halogens is 3. The van der Waals surface area contributed by atoms with Crippen LogP contribution in [0.5, 0.6) is 5.75 Å². The van der Waals surface area contributed by atoms with Crippen molar-refractivity contribution in [3.05, 3.63) is 88.2 Å². The average molecular weight is 558 g/mol. The predicted molar refractivity (Wildman–Crippen MR) is 143 cm³/mol. The number of ketones is 1. The summed E-state index contributed by atoms with van der Waals surface area (Å²) < 4.78 is 35.3. The van der Waals surface area contributed by atoms with Gasteiger partial charge in [0.2, 0.25) is 5.78 Å². The molecular formula is C28H26ClF2N3O5. The minimum Gasteiger partial charge on any atom is -0.478 e. The number of carboxylic acid groups (broad SMARTS) is 1. The summed E-state index contributed by atoms with van der Waals surface area (Å²) in [4.78, 5) is 38.1. The van der Waals surface area contributed by atoms with E-state index in [-0.39, 0.29) is 28.4 Å². The number of nitrogens with one attached hydrogen (secondary N) is 2. The van der Waals surface area contributed by atoms with Gasteiger partial charge in [-0.3, -0.25) is 4.79 Å². The van der Waals surface area contributed by atoms with Crippen LogP contribution >= 0.6 is 11.6 Å². The Kier molecular flexibility index (Phi) is 8.47. The summed E-state index contributed by atoms with van der Waals surface area (Å²) >= 11 is 6.33. The van der Waals surface area contributed by atoms with Crippen LogP contribution in [0.25, 0.3) is 0 Å². The number of amides is 2. The van der Waals surface area contributed by atoms with E-state index in [0.717, 1.165) is 0 Å². The first-order valence-corrected chi connectivity index (χ1v) is 12.5. The Balaban J connectivity index is 1.47. The molecule has 1 saturated heterocycles. The molecule has 0 bridgehead atoms. The summed E-state index contributed by atoms with van der Waals surface area (Å²) in [6.45, 7) is 2.35. The van der Waals surface area contributed by atoms with E-state index in [4.69, 9.17) is 21.4 Å². The van der Waals surface area contributed by atoms with Crippen molar-refractivity contribution in [2.75, 3.05) is 23.7 Å². The fourth-order valence-electron chi connectivity index (χ4n) is 4.19. The molecule has 0 aromatic heterocycles. The first-order chi connectivity index (χ1) is 18.5. The van der Waals surface area contributed by atoms with Gasteiger partial charge in [0.05, 0.1) is 16.3 Å². The first-order valence-electron chi connectivity index (χ1n) is 12.2. The van der Waals surface area contributed by atoms with Crippen LogP contribution in [0.4, 0.5) is 25.0 Å². The van der Waals surface area contributed by atoms with Crippen LogP contribution in [-0.2, 0) is 11.2 Å². The van der Waals surface area contributed by atoms with Gasteiger partial charge >= 0.3 is 18.0 Å². The molecular weight excluding hydrogens is 532 g/mol. The van der Waals surface area contributed by atoms with E-state index in [0.29, 0.717) is 42.7 Å². The van der Waals surface area contributed by atoms with Gasteiger partial charge in [0.15, 0.2) is 0 Å². The molecule has 1 atom stereocenters. The molecule has 0 spiro atoms. The van der Waals surface area contributed by atoms with E-state index in [1.165, 1.54) is 65.6 Å². The van der Waals surface area contributed by atoms with Crippen molar-refractivity contribution in [2.45, 2.75) is 32.2 Å². The number of carbonyl (C=O) groups is 3. The highest BCUT2D eigenvalue weighted by atomic mass is 35.5. The lowest BCUT2D eigenvalue weighted by atomic mass is 10.1. The molecule has 3 N–H and O–H groups in total. The number of aromatic carboxylic acids is 1. The molecule has 0 radical (unpaired) electrons. The minimum atomic E-state index is -2.77. The van der Waals surface area contributed by atoms with Crippen molar-refractivity contribution in [3.8, 4) is 5.75 Å². The number of nitrogens with zero attached hydrogens (tertiary/aromatic N) is 1. The number of rotatable bonds is 9. The van der Waals surface area contributed by atoms with Gasteiger partial charge in [0.25, 0.3) is 0 Å². The Hall–Kier alpha value is -4.02. The molecule has 8 nitrogen and oxygen atoms in total. The van der Waals surface area contributed by atoms with Gasteiger partial charge in [-0.2, -0.15) is 4.39 Å². The van der Waals surface area contributed by atoms with E-state index < -0.39 is 29.6 Å². The molecule has 1 unspecified atom stereocenters. The van der Waals surface area contributed by atoms with E-state index in [2.05, 4.69) is 10.6 Å². The number of likely N-dealkylation sites (tertiary alicyclic amines) is 1. The number of hydrogen-bond donors (Lipinski definition) is 3. The maximum atomic E-state index is 16.3. The Morgan fingerprint density at radius 3 is 2.31 bits per heavy atom. The van der Waals surface area contributed by atoms with Gasteiger partial charge in [-0.25, -0.2) is 18.9 Å². The summed E-state index contributed by atoms with van der Waals surface area (Å²) in [7, 11) is 0. The summed E-state index contributed by atoms with van der Waals surface area (Å²) in [6.07, 6.45) is 1.04. The molecule has 4 rings (SSSR count). The number of hydrogen-bond acceptors (Lipinski definition) is 5. The number of Topliss-reactive ketones (excluding diaryl/α,β-unsaturated/α-hetero) is 1. The molecule has 1 heterocycles. The molecule has 39 heavy (non-hydrogen) atoms. The molecule has 3 aromatic carbocycles. The third-order valence-electron chi connectivity index (χ3n) is 6.31. The normalized spacial score (nSPS) is 14.9. The monoisotopic (exact) mass is 557 g/mol. The summed E-state index contributed by atoms with van der Waals surface area (Å²) in [5, 5.41) is 14.3. The zero-order valence-electron chi connectivity index (χ0n) is 21.0. The van der Waals surface area contributed by atoms with E-state index >= 15 is 4.39 Å². The van der Waals surface area contributed by atoms with Crippen LogP contribution in [0.1, 0.15) is 34.3 Å². The number of urea groups is 1. The van der Waals surface area contributed by atoms with Crippen LogP contribution in [-0.4, -0.2) is 46.9 Å². The second-order valence-electron chi connectivity index (χ2n) is 9.14. The molecule has 0 saturated carbocycles. The Morgan fingerprint density at radius 1 is 1.00 bits per heavy atom. The fraction of sp³-hybridized carbons (Fsp3) is 0.250. The highest BCUT2D eigenvalue weighted by Gasteiger charge is 2.48. The number of aryl methyl sites for hydroxylation is 1. The molecule has 2 amide bonds. The van der Waals surface area contributed by atoms with Gasteiger partial charge < -0.3 is 20.5 Å². The maximum absolute atomic E-state index is 16.3.